The third kappa shape index (κ3) is 4.13. The third-order valence-corrected chi connectivity index (χ3v) is 4.51. The number of fused-ring (bicyclic) bond motifs is 1. The normalized spacial score (nSPS) is 12.1. The van der Waals surface area contributed by atoms with Gasteiger partial charge in [-0.05, 0) is 32.8 Å². The molecule has 140 valence electrons. The molecule has 0 radical (unpaired) electrons. The molecular formula is C20H22N4O3. The van der Waals surface area contributed by atoms with Crippen LogP contribution in [0.3, 0.4) is 0 Å². The number of aryl methyl sites for hydroxylation is 3. The number of aliphatic carboxylic acids is 1. The lowest BCUT2D eigenvalue weighted by molar-refractivity contribution is -0.141. The lowest BCUT2D eigenvalue weighted by Crippen LogP contribution is -2.34. The standard InChI is InChI=1S/C20H22N4O3/c1-12-5-4-6-15(7-12)9-16(20(26)27)10-22-19(25)17-11-21-18-8-13(2)23-24(18)14(17)3/h4-8,11,16H,9-10H2,1-3H3,(H,22,25)(H,26,27). The van der Waals surface area contributed by atoms with Gasteiger partial charge in [-0.25, -0.2) is 9.50 Å². The minimum atomic E-state index is -0.940. The summed E-state index contributed by atoms with van der Waals surface area (Å²) in [4.78, 5) is 28.4. The van der Waals surface area contributed by atoms with Gasteiger partial charge in [0.2, 0.25) is 0 Å². The van der Waals surface area contributed by atoms with Gasteiger partial charge in [-0.1, -0.05) is 29.8 Å². The van der Waals surface area contributed by atoms with Gasteiger partial charge in [0.25, 0.3) is 5.91 Å². The zero-order valence-electron chi connectivity index (χ0n) is 15.6. The van der Waals surface area contributed by atoms with E-state index in [1.807, 2.05) is 44.2 Å². The van der Waals surface area contributed by atoms with Gasteiger partial charge in [-0.3, -0.25) is 9.59 Å². The highest BCUT2D eigenvalue weighted by Gasteiger charge is 2.21. The maximum absolute atomic E-state index is 12.6. The summed E-state index contributed by atoms with van der Waals surface area (Å²) in [7, 11) is 0. The number of hydrogen-bond acceptors (Lipinski definition) is 4. The molecule has 0 spiro atoms. The maximum Gasteiger partial charge on any atom is 0.308 e. The molecular weight excluding hydrogens is 344 g/mol. The number of carboxylic acid groups (broad SMARTS) is 1. The molecule has 1 amide bonds. The first-order valence-electron chi connectivity index (χ1n) is 8.73. The van der Waals surface area contributed by atoms with Gasteiger partial charge < -0.3 is 10.4 Å². The van der Waals surface area contributed by atoms with E-state index in [0.29, 0.717) is 23.3 Å². The largest absolute Gasteiger partial charge is 0.481 e. The summed E-state index contributed by atoms with van der Waals surface area (Å²) in [5.74, 6) is -2.00. The highest BCUT2D eigenvalue weighted by atomic mass is 16.4. The summed E-state index contributed by atoms with van der Waals surface area (Å²) in [5.41, 5.74) is 4.53. The first kappa shape index (κ1) is 18.6. The second-order valence-electron chi connectivity index (χ2n) is 6.75. The minimum absolute atomic E-state index is 0.0394. The third-order valence-electron chi connectivity index (χ3n) is 4.51. The second kappa shape index (κ2) is 7.57. The van der Waals surface area contributed by atoms with Crippen LogP contribution in [-0.2, 0) is 11.2 Å². The molecule has 3 rings (SSSR count). The summed E-state index contributed by atoms with van der Waals surface area (Å²) in [5, 5.41) is 16.6. The quantitative estimate of drug-likeness (QED) is 0.698. The van der Waals surface area contributed by atoms with E-state index in [0.717, 1.165) is 16.8 Å². The zero-order valence-corrected chi connectivity index (χ0v) is 15.6. The molecule has 0 saturated carbocycles. The van der Waals surface area contributed by atoms with E-state index >= 15 is 0 Å². The summed E-state index contributed by atoms with van der Waals surface area (Å²) in [6, 6.07) is 9.55. The number of amides is 1. The predicted molar refractivity (Wildman–Crippen MR) is 101 cm³/mol. The molecule has 0 saturated heterocycles. The first-order chi connectivity index (χ1) is 12.8. The fourth-order valence-corrected chi connectivity index (χ4v) is 3.07. The van der Waals surface area contributed by atoms with Crippen molar-refractivity contribution in [2.45, 2.75) is 27.2 Å². The van der Waals surface area contributed by atoms with Crippen molar-refractivity contribution in [2.24, 2.45) is 5.92 Å². The number of nitrogens with zero attached hydrogens (tertiary/aromatic N) is 3. The zero-order chi connectivity index (χ0) is 19.6. The SMILES string of the molecule is Cc1cccc(CC(CNC(=O)c2cnc3cc(C)nn3c2C)C(=O)O)c1. The average Bonchev–Trinajstić information content (AvgIpc) is 3.00. The molecule has 1 atom stereocenters. The Kier molecular flexibility index (Phi) is 5.21. The second-order valence-corrected chi connectivity index (χ2v) is 6.75. The van der Waals surface area contributed by atoms with Crippen molar-refractivity contribution in [3.8, 4) is 0 Å². The van der Waals surface area contributed by atoms with Crippen LogP contribution >= 0.6 is 0 Å². The number of hydrogen-bond donors (Lipinski definition) is 2. The van der Waals surface area contributed by atoms with Crippen LogP contribution in [0.25, 0.3) is 5.65 Å². The van der Waals surface area contributed by atoms with Gasteiger partial charge in [-0.15, -0.1) is 0 Å². The van der Waals surface area contributed by atoms with E-state index < -0.39 is 11.9 Å². The molecule has 0 aliphatic rings. The molecule has 0 bridgehead atoms. The van der Waals surface area contributed by atoms with Crippen molar-refractivity contribution in [2.75, 3.05) is 6.54 Å². The number of carboxylic acids is 1. The summed E-state index contributed by atoms with van der Waals surface area (Å²) in [6.07, 6.45) is 1.85. The van der Waals surface area contributed by atoms with Crippen LogP contribution in [0, 0.1) is 26.7 Å². The highest BCUT2D eigenvalue weighted by molar-refractivity contribution is 5.95. The molecule has 1 aromatic carbocycles. The van der Waals surface area contributed by atoms with Crippen LogP contribution in [-0.4, -0.2) is 38.1 Å². The predicted octanol–water partition coefficient (Wildman–Crippen LogP) is 2.33. The number of rotatable bonds is 6. The van der Waals surface area contributed by atoms with Gasteiger partial charge in [0.1, 0.15) is 0 Å². The van der Waals surface area contributed by atoms with Gasteiger partial charge in [-0.2, -0.15) is 5.10 Å². The number of benzene rings is 1. The molecule has 3 aromatic rings. The topological polar surface area (TPSA) is 96.6 Å². The summed E-state index contributed by atoms with van der Waals surface area (Å²) in [6.45, 7) is 5.65. The Morgan fingerprint density at radius 3 is 2.70 bits per heavy atom. The van der Waals surface area contributed by atoms with Crippen molar-refractivity contribution in [3.05, 3.63) is 64.6 Å². The lowest BCUT2D eigenvalue weighted by Gasteiger charge is -2.15. The number of aromatic nitrogens is 3. The van der Waals surface area contributed by atoms with Gasteiger partial charge in [0.15, 0.2) is 5.65 Å². The van der Waals surface area contributed by atoms with Crippen LogP contribution in [0.15, 0.2) is 36.5 Å². The smallest absolute Gasteiger partial charge is 0.308 e. The van der Waals surface area contributed by atoms with Gasteiger partial charge >= 0.3 is 5.97 Å². The van der Waals surface area contributed by atoms with Gasteiger partial charge in [0, 0.05) is 18.8 Å². The molecule has 0 aliphatic carbocycles. The molecule has 0 fully saturated rings. The van der Waals surface area contributed by atoms with Crippen molar-refractivity contribution < 1.29 is 14.7 Å². The molecule has 2 aromatic heterocycles. The number of nitrogens with one attached hydrogen (secondary N) is 1. The summed E-state index contributed by atoms with van der Waals surface area (Å²) < 4.78 is 1.62. The number of carbonyl (C=O) groups excluding carboxylic acids is 1. The number of carbonyl (C=O) groups is 2. The first-order valence-corrected chi connectivity index (χ1v) is 8.73. The van der Waals surface area contributed by atoms with Crippen LogP contribution in [0.1, 0.15) is 32.9 Å². The molecule has 0 aliphatic heterocycles. The van der Waals surface area contributed by atoms with E-state index in [4.69, 9.17) is 0 Å². The maximum atomic E-state index is 12.6. The molecule has 2 heterocycles. The minimum Gasteiger partial charge on any atom is -0.481 e. The van der Waals surface area contributed by atoms with Crippen LogP contribution in [0.5, 0.6) is 0 Å². The summed E-state index contributed by atoms with van der Waals surface area (Å²) >= 11 is 0. The Hall–Kier alpha value is -3.22. The Morgan fingerprint density at radius 2 is 2.00 bits per heavy atom. The highest BCUT2D eigenvalue weighted by Crippen LogP contribution is 2.13. The fourth-order valence-electron chi connectivity index (χ4n) is 3.07. The van der Waals surface area contributed by atoms with Crippen molar-refractivity contribution >= 4 is 17.5 Å². The van der Waals surface area contributed by atoms with E-state index in [2.05, 4.69) is 15.4 Å². The Balaban J connectivity index is 1.72. The van der Waals surface area contributed by atoms with E-state index in [9.17, 15) is 14.7 Å². The van der Waals surface area contributed by atoms with Crippen LogP contribution < -0.4 is 5.32 Å². The Labute approximate surface area is 157 Å². The van der Waals surface area contributed by atoms with Crippen molar-refractivity contribution in [1.29, 1.82) is 0 Å². The Morgan fingerprint density at radius 1 is 1.22 bits per heavy atom. The molecule has 7 heteroatoms. The van der Waals surface area contributed by atoms with Crippen LogP contribution in [0.2, 0.25) is 0 Å². The monoisotopic (exact) mass is 366 g/mol. The van der Waals surface area contributed by atoms with E-state index in [-0.39, 0.29) is 12.5 Å². The lowest BCUT2D eigenvalue weighted by atomic mass is 9.98. The van der Waals surface area contributed by atoms with E-state index in [1.165, 1.54) is 6.20 Å². The average molecular weight is 366 g/mol. The molecule has 2 N–H and O–H groups in total. The van der Waals surface area contributed by atoms with Crippen molar-refractivity contribution in [3.63, 3.8) is 0 Å². The molecule has 1 unspecified atom stereocenters. The van der Waals surface area contributed by atoms with E-state index in [1.54, 1.807) is 11.4 Å². The van der Waals surface area contributed by atoms with Gasteiger partial charge in [0.05, 0.1) is 22.9 Å². The molecule has 27 heavy (non-hydrogen) atoms. The fraction of sp³-hybridized carbons (Fsp3) is 0.300. The molecule has 7 nitrogen and oxygen atoms in total. The van der Waals surface area contributed by atoms with Crippen molar-refractivity contribution in [1.82, 2.24) is 19.9 Å². The van der Waals surface area contributed by atoms with Crippen LogP contribution in [0.4, 0.5) is 0 Å². The Bertz CT molecular complexity index is 1010.